The highest BCUT2D eigenvalue weighted by Crippen LogP contribution is 2.41. The molecule has 39 heavy (non-hydrogen) atoms. The van der Waals surface area contributed by atoms with Crippen LogP contribution in [-0.4, -0.2) is 33.6 Å². The third kappa shape index (κ3) is 9.53. The first-order valence-electron chi connectivity index (χ1n) is 15.4. The van der Waals surface area contributed by atoms with Crippen LogP contribution >= 0.6 is 0 Å². The van der Waals surface area contributed by atoms with Crippen molar-refractivity contribution >= 4 is 0 Å². The number of benzene rings is 2. The summed E-state index contributed by atoms with van der Waals surface area (Å²) in [6.07, 6.45) is 12.3. The van der Waals surface area contributed by atoms with Crippen molar-refractivity contribution in [2.24, 2.45) is 0 Å². The summed E-state index contributed by atoms with van der Waals surface area (Å²) in [5.74, 6) is 0.715. The molecule has 0 aliphatic carbocycles. The normalized spacial score (nSPS) is 12.3. The molecule has 2 rings (SSSR count). The van der Waals surface area contributed by atoms with Crippen LogP contribution < -0.4 is 0 Å². The minimum Gasteiger partial charge on any atom is -0.507 e. The van der Waals surface area contributed by atoms with E-state index in [0.29, 0.717) is 17.9 Å². The molecule has 0 spiro atoms. The highest BCUT2D eigenvalue weighted by atomic mass is 16.3. The Morgan fingerprint density at radius 2 is 0.897 bits per heavy atom. The molecule has 0 unspecified atom stereocenters. The predicted molar refractivity (Wildman–Crippen MR) is 164 cm³/mol. The summed E-state index contributed by atoms with van der Waals surface area (Å²) >= 11 is 0. The van der Waals surface area contributed by atoms with Gasteiger partial charge in [0.15, 0.2) is 0 Å². The van der Waals surface area contributed by atoms with Crippen molar-refractivity contribution in [2.45, 2.75) is 136 Å². The molecule has 0 fully saturated rings. The molecule has 0 atom stereocenters. The van der Waals surface area contributed by atoms with Gasteiger partial charge in [-0.1, -0.05) is 91.5 Å². The molecule has 0 aliphatic rings. The zero-order chi connectivity index (χ0) is 29.1. The second-order valence-corrected chi connectivity index (χ2v) is 12.7. The van der Waals surface area contributed by atoms with E-state index >= 15 is 0 Å². The second kappa shape index (κ2) is 15.7. The monoisotopic (exact) mass is 540 g/mol. The van der Waals surface area contributed by atoms with E-state index in [9.17, 15) is 10.2 Å². The van der Waals surface area contributed by atoms with Gasteiger partial charge in [0.2, 0.25) is 0 Å². The molecule has 0 radical (unpaired) electrons. The third-order valence-corrected chi connectivity index (χ3v) is 8.85. The number of aromatic hydroxyl groups is 2. The quantitative estimate of drug-likeness (QED) is 0.143. The molecule has 4 heteroatoms. The van der Waals surface area contributed by atoms with E-state index in [2.05, 4.69) is 65.8 Å². The van der Waals surface area contributed by atoms with Crippen LogP contribution in [0.4, 0.5) is 0 Å². The third-order valence-electron chi connectivity index (χ3n) is 8.85. The van der Waals surface area contributed by atoms with Gasteiger partial charge in [-0.25, -0.2) is 0 Å². The van der Waals surface area contributed by atoms with Crippen molar-refractivity contribution in [1.29, 1.82) is 0 Å². The molecule has 4 nitrogen and oxygen atoms in total. The van der Waals surface area contributed by atoms with Gasteiger partial charge in [-0.05, 0) is 84.5 Å². The molecular formula is C35H56O4. The lowest BCUT2D eigenvalue weighted by atomic mass is 9.77. The Morgan fingerprint density at radius 1 is 0.538 bits per heavy atom. The number of hydrogen-bond donors (Lipinski definition) is 4. The first-order valence-corrected chi connectivity index (χ1v) is 15.4. The van der Waals surface area contributed by atoms with Crippen LogP contribution in [0.25, 0.3) is 0 Å². The van der Waals surface area contributed by atoms with Gasteiger partial charge < -0.3 is 20.4 Å². The zero-order valence-corrected chi connectivity index (χ0v) is 25.7. The molecule has 2 aromatic rings. The highest BCUT2D eigenvalue weighted by Gasteiger charge is 2.27. The SMILES string of the molecule is CCC(C)(C)c1cc(CCCCCCO)cc(Cc2cc(CCCCCCO)cc(C(C)(C)CC)c2O)c1O. The van der Waals surface area contributed by atoms with Gasteiger partial charge in [-0.15, -0.1) is 0 Å². The molecule has 0 heterocycles. The van der Waals surface area contributed by atoms with Crippen LogP contribution in [0.5, 0.6) is 11.5 Å². The summed E-state index contributed by atoms with van der Waals surface area (Å²) in [4.78, 5) is 0. The predicted octanol–water partition coefficient (Wildman–Crippen LogP) is 8.25. The number of aliphatic hydroxyl groups is 2. The van der Waals surface area contributed by atoms with Crippen LogP contribution in [-0.2, 0) is 30.1 Å². The fourth-order valence-corrected chi connectivity index (χ4v) is 5.29. The van der Waals surface area contributed by atoms with Crippen molar-refractivity contribution in [3.05, 3.63) is 57.6 Å². The first-order chi connectivity index (χ1) is 18.5. The molecule has 2 aromatic carbocycles. The Kier molecular flexibility index (Phi) is 13.3. The molecule has 0 amide bonds. The van der Waals surface area contributed by atoms with Crippen molar-refractivity contribution in [1.82, 2.24) is 0 Å². The van der Waals surface area contributed by atoms with Crippen molar-refractivity contribution in [3.63, 3.8) is 0 Å². The van der Waals surface area contributed by atoms with Crippen molar-refractivity contribution in [3.8, 4) is 11.5 Å². The van der Waals surface area contributed by atoms with Crippen LogP contribution in [0.1, 0.15) is 139 Å². The minimum absolute atomic E-state index is 0.153. The average Bonchev–Trinajstić information content (AvgIpc) is 2.91. The first kappa shape index (κ1) is 33.2. The highest BCUT2D eigenvalue weighted by molar-refractivity contribution is 5.53. The van der Waals surface area contributed by atoms with E-state index in [4.69, 9.17) is 10.2 Å². The summed E-state index contributed by atoms with van der Waals surface area (Å²) in [6.45, 7) is 13.6. The van der Waals surface area contributed by atoms with Crippen LogP contribution in [0, 0.1) is 0 Å². The lowest BCUT2D eigenvalue weighted by Gasteiger charge is -2.28. The Balaban J connectivity index is 2.48. The summed E-state index contributed by atoms with van der Waals surface area (Å²) in [5, 5.41) is 41.2. The summed E-state index contributed by atoms with van der Waals surface area (Å²) in [6, 6.07) is 8.65. The van der Waals surface area contributed by atoms with Crippen molar-refractivity contribution < 1.29 is 20.4 Å². The van der Waals surface area contributed by atoms with E-state index in [-0.39, 0.29) is 24.0 Å². The van der Waals surface area contributed by atoms with Crippen LogP contribution in [0.3, 0.4) is 0 Å². The molecule has 4 N–H and O–H groups in total. The Bertz CT molecular complexity index is 940. The topological polar surface area (TPSA) is 80.9 Å². The van der Waals surface area contributed by atoms with Gasteiger partial charge in [0, 0.05) is 30.8 Å². The van der Waals surface area contributed by atoms with Crippen LogP contribution in [0.2, 0.25) is 0 Å². The standard InChI is InChI=1S/C35H56O4/c1-7-34(3,4)30-23-26(17-13-9-11-15-19-36)21-28(32(30)38)25-29-22-27(18-14-10-12-16-20-37)24-31(33(29)39)35(5,6)8-2/h21-24,36-39H,7-20,25H2,1-6H3. The minimum atomic E-state index is -0.153. The number of unbranched alkanes of at least 4 members (excludes halogenated alkanes) is 6. The second-order valence-electron chi connectivity index (χ2n) is 12.7. The smallest absolute Gasteiger partial charge is 0.122 e. The van der Waals surface area contributed by atoms with E-state index in [1.807, 2.05) is 0 Å². The Morgan fingerprint density at radius 3 is 1.23 bits per heavy atom. The molecule has 0 aromatic heterocycles. The molecule has 0 aliphatic heterocycles. The summed E-state index contributed by atoms with van der Waals surface area (Å²) in [5.41, 5.74) is 5.90. The van der Waals surface area contributed by atoms with Gasteiger partial charge in [-0.2, -0.15) is 0 Å². The lowest BCUT2D eigenvalue weighted by molar-refractivity contribution is 0.282. The molecule has 0 saturated heterocycles. The number of aliphatic hydroxyl groups excluding tert-OH is 2. The maximum atomic E-state index is 11.5. The zero-order valence-electron chi connectivity index (χ0n) is 25.7. The molecular weight excluding hydrogens is 484 g/mol. The number of phenolic OH excluding ortho intramolecular Hbond substituents is 2. The fourth-order valence-electron chi connectivity index (χ4n) is 5.29. The van der Waals surface area contributed by atoms with Gasteiger partial charge in [0.05, 0.1) is 0 Å². The number of aryl methyl sites for hydroxylation is 2. The van der Waals surface area contributed by atoms with E-state index in [1.54, 1.807) is 0 Å². The Labute approximate surface area is 238 Å². The summed E-state index contributed by atoms with van der Waals surface area (Å²) < 4.78 is 0. The van der Waals surface area contributed by atoms with Gasteiger partial charge in [0.1, 0.15) is 11.5 Å². The van der Waals surface area contributed by atoms with Gasteiger partial charge >= 0.3 is 0 Å². The number of hydrogen-bond acceptors (Lipinski definition) is 4. The fraction of sp³-hybridized carbons (Fsp3) is 0.657. The van der Waals surface area contributed by atoms with Gasteiger partial charge in [0.25, 0.3) is 0 Å². The molecule has 220 valence electrons. The molecule has 0 saturated carbocycles. The maximum absolute atomic E-state index is 11.5. The molecule has 0 bridgehead atoms. The van der Waals surface area contributed by atoms with E-state index < -0.39 is 0 Å². The Hall–Kier alpha value is -2.04. The largest absolute Gasteiger partial charge is 0.507 e. The van der Waals surface area contributed by atoms with E-state index in [0.717, 1.165) is 99.3 Å². The van der Waals surface area contributed by atoms with E-state index in [1.165, 1.54) is 11.1 Å². The number of phenols is 2. The average molecular weight is 541 g/mol. The maximum Gasteiger partial charge on any atom is 0.122 e. The number of rotatable bonds is 18. The summed E-state index contributed by atoms with van der Waals surface area (Å²) in [7, 11) is 0. The van der Waals surface area contributed by atoms with Gasteiger partial charge in [-0.3, -0.25) is 0 Å². The lowest BCUT2D eigenvalue weighted by Crippen LogP contribution is -2.18. The van der Waals surface area contributed by atoms with Crippen molar-refractivity contribution in [2.75, 3.05) is 13.2 Å². The van der Waals surface area contributed by atoms with Crippen LogP contribution in [0.15, 0.2) is 24.3 Å².